The van der Waals surface area contributed by atoms with Gasteiger partial charge in [0, 0.05) is 18.0 Å². The molecule has 0 aliphatic heterocycles. The second-order valence-electron chi connectivity index (χ2n) is 5.08. The molecule has 1 N–H and O–H groups in total. The maximum Gasteiger partial charge on any atom is 0.251 e. The number of ether oxygens (including phenoxy) is 1. The SMILES string of the molecule is COc1ccc([C@@H](C)NC(=O)c2ccn3nccc3c2)cc1. The first-order valence-corrected chi connectivity index (χ1v) is 7.05. The molecule has 5 nitrogen and oxygen atoms in total. The minimum Gasteiger partial charge on any atom is -0.497 e. The molecule has 0 fully saturated rings. The summed E-state index contributed by atoms with van der Waals surface area (Å²) in [5.41, 5.74) is 2.54. The van der Waals surface area contributed by atoms with Crippen LogP contribution in [0.4, 0.5) is 0 Å². The number of rotatable bonds is 4. The van der Waals surface area contributed by atoms with Crippen LogP contribution in [-0.4, -0.2) is 22.6 Å². The van der Waals surface area contributed by atoms with Crippen LogP contribution in [0.2, 0.25) is 0 Å². The number of hydrogen-bond acceptors (Lipinski definition) is 3. The van der Waals surface area contributed by atoms with Gasteiger partial charge >= 0.3 is 0 Å². The van der Waals surface area contributed by atoms with Crippen LogP contribution in [0.5, 0.6) is 5.75 Å². The van der Waals surface area contributed by atoms with Crippen LogP contribution < -0.4 is 10.1 Å². The Hall–Kier alpha value is -2.82. The van der Waals surface area contributed by atoms with Crippen molar-refractivity contribution in [3.05, 3.63) is 66.0 Å². The number of aromatic nitrogens is 2. The van der Waals surface area contributed by atoms with E-state index in [1.807, 2.05) is 43.3 Å². The number of pyridine rings is 1. The summed E-state index contributed by atoms with van der Waals surface area (Å²) in [6.45, 7) is 1.96. The van der Waals surface area contributed by atoms with Crippen LogP contribution in [-0.2, 0) is 0 Å². The predicted molar refractivity (Wildman–Crippen MR) is 84.1 cm³/mol. The Morgan fingerprint density at radius 3 is 2.73 bits per heavy atom. The molecule has 0 spiro atoms. The lowest BCUT2D eigenvalue weighted by atomic mass is 10.1. The zero-order chi connectivity index (χ0) is 15.5. The van der Waals surface area contributed by atoms with Gasteiger partial charge in [0.2, 0.25) is 0 Å². The van der Waals surface area contributed by atoms with Gasteiger partial charge < -0.3 is 10.1 Å². The Morgan fingerprint density at radius 1 is 1.23 bits per heavy atom. The molecule has 2 aromatic heterocycles. The Labute approximate surface area is 128 Å². The molecular formula is C17H17N3O2. The van der Waals surface area contributed by atoms with E-state index in [0.717, 1.165) is 16.8 Å². The lowest BCUT2D eigenvalue weighted by Crippen LogP contribution is -2.26. The Morgan fingerprint density at radius 2 is 2.00 bits per heavy atom. The summed E-state index contributed by atoms with van der Waals surface area (Å²) in [5.74, 6) is 0.695. The molecule has 0 saturated heterocycles. The molecule has 0 aliphatic rings. The highest BCUT2D eigenvalue weighted by atomic mass is 16.5. The number of amides is 1. The molecule has 1 atom stereocenters. The van der Waals surface area contributed by atoms with Crippen LogP contribution in [0.3, 0.4) is 0 Å². The number of methoxy groups -OCH3 is 1. The summed E-state index contributed by atoms with van der Waals surface area (Å²) < 4.78 is 6.86. The highest BCUT2D eigenvalue weighted by Crippen LogP contribution is 2.18. The van der Waals surface area contributed by atoms with Crippen molar-refractivity contribution in [2.24, 2.45) is 0 Å². The van der Waals surface area contributed by atoms with Gasteiger partial charge in [-0.1, -0.05) is 12.1 Å². The number of hydrogen-bond donors (Lipinski definition) is 1. The van der Waals surface area contributed by atoms with Gasteiger partial charge in [-0.05, 0) is 42.8 Å². The third kappa shape index (κ3) is 2.79. The Balaban J connectivity index is 1.74. The van der Waals surface area contributed by atoms with Crippen molar-refractivity contribution in [2.45, 2.75) is 13.0 Å². The topological polar surface area (TPSA) is 55.6 Å². The van der Waals surface area contributed by atoms with Gasteiger partial charge in [0.05, 0.1) is 18.7 Å². The molecule has 3 aromatic rings. The van der Waals surface area contributed by atoms with Crippen LogP contribution in [0.25, 0.3) is 5.52 Å². The Kier molecular flexibility index (Phi) is 3.78. The standard InChI is InChI=1S/C17H17N3O2/c1-12(13-3-5-16(22-2)6-4-13)19-17(21)14-8-10-20-15(11-14)7-9-18-20/h3-12H,1-2H3,(H,19,21)/t12-/m1/s1. The van der Waals surface area contributed by atoms with Gasteiger partial charge in [-0.3, -0.25) is 4.79 Å². The number of benzene rings is 1. The van der Waals surface area contributed by atoms with Gasteiger partial charge in [-0.25, -0.2) is 4.52 Å². The summed E-state index contributed by atoms with van der Waals surface area (Å²) in [6.07, 6.45) is 3.49. The van der Waals surface area contributed by atoms with Crippen molar-refractivity contribution in [1.29, 1.82) is 0 Å². The van der Waals surface area contributed by atoms with Crippen molar-refractivity contribution in [3.63, 3.8) is 0 Å². The van der Waals surface area contributed by atoms with E-state index in [-0.39, 0.29) is 11.9 Å². The lowest BCUT2D eigenvalue weighted by Gasteiger charge is -2.15. The summed E-state index contributed by atoms with van der Waals surface area (Å²) >= 11 is 0. The average Bonchev–Trinajstić information content (AvgIpc) is 3.02. The highest BCUT2D eigenvalue weighted by Gasteiger charge is 2.12. The fourth-order valence-corrected chi connectivity index (χ4v) is 2.32. The molecular weight excluding hydrogens is 278 g/mol. The van der Waals surface area contributed by atoms with Crippen LogP contribution in [0.1, 0.15) is 28.9 Å². The number of nitrogens with one attached hydrogen (secondary N) is 1. The molecule has 0 unspecified atom stereocenters. The van der Waals surface area contributed by atoms with Crippen molar-refractivity contribution < 1.29 is 9.53 Å². The van der Waals surface area contributed by atoms with Crippen molar-refractivity contribution in [3.8, 4) is 5.75 Å². The molecule has 0 saturated carbocycles. The zero-order valence-electron chi connectivity index (χ0n) is 12.5. The van der Waals surface area contributed by atoms with Gasteiger partial charge in [0.25, 0.3) is 5.91 Å². The first-order chi connectivity index (χ1) is 10.7. The average molecular weight is 295 g/mol. The molecule has 1 aromatic carbocycles. The smallest absolute Gasteiger partial charge is 0.251 e. The zero-order valence-corrected chi connectivity index (χ0v) is 12.5. The fraction of sp³-hybridized carbons (Fsp3) is 0.176. The normalized spacial score (nSPS) is 12.1. The van der Waals surface area contributed by atoms with E-state index in [0.29, 0.717) is 5.56 Å². The maximum atomic E-state index is 12.4. The molecule has 22 heavy (non-hydrogen) atoms. The number of carbonyl (C=O) groups is 1. The van der Waals surface area contributed by atoms with Crippen molar-refractivity contribution >= 4 is 11.4 Å². The molecule has 112 valence electrons. The third-order valence-corrected chi connectivity index (χ3v) is 3.63. The van der Waals surface area contributed by atoms with E-state index in [1.165, 1.54) is 0 Å². The molecule has 5 heteroatoms. The third-order valence-electron chi connectivity index (χ3n) is 3.63. The van der Waals surface area contributed by atoms with Gasteiger partial charge in [0.15, 0.2) is 0 Å². The van der Waals surface area contributed by atoms with E-state index in [4.69, 9.17) is 4.74 Å². The minimum atomic E-state index is -0.105. The molecule has 0 bridgehead atoms. The van der Waals surface area contributed by atoms with Crippen LogP contribution in [0, 0.1) is 0 Å². The molecule has 0 radical (unpaired) electrons. The van der Waals surface area contributed by atoms with Crippen molar-refractivity contribution in [1.82, 2.24) is 14.9 Å². The van der Waals surface area contributed by atoms with E-state index in [2.05, 4.69) is 10.4 Å². The second-order valence-corrected chi connectivity index (χ2v) is 5.08. The summed E-state index contributed by atoms with van der Waals surface area (Å²) in [6, 6.07) is 13.0. The van der Waals surface area contributed by atoms with Gasteiger partial charge in [0.1, 0.15) is 5.75 Å². The van der Waals surface area contributed by atoms with Crippen LogP contribution in [0.15, 0.2) is 54.9 Å². The van der Waals surface area contributed by atoms with Gasteiger partial charge in [-0.15, -0.1) is 0 Å². The summed E-state index contributed by atoms with van der Waals surface area (Å²) in [4.78, 5) is 12.4. The molecule has 2 heterocycles. The van der Waals surface area contributed by atoms with Crippen LogP contribution >= 0.6 is 0 Å². The van der Waals surface area contributed by atoms with E-state index in [1.54, 1.807) is 30.1 Å². The highest BCUT2D eigenvalue weighted by molar-refractivity contribution is 5.95. The monoisotopic (exact) mass is 295 g/mol. The quantitative estimate of drug-likeness (QED) is 0.805. The fourth-order valence-electron chi connectivity index (χ4n) is 2.32. The summed E-state index contributed by atoms with van der Waals surface area (Å²) in [5, 5.41) is 7.11. The molecule has 0 aliphatic carbocycles. The summed E-state index contributed by atoms with van der Waals surface area (Å²) in [7, 11) is 1.63. The van der Waals surface area contributed by atoms with Crippen molar-refractivity contribution in [2.75, 3.05) is 7.11 Å². The lowest BCUT2D eigenvalue weighted by molar-refractivity contribution is 0.0940. The first kappa shape index (κ1) is 14.1. The maximum absolute atomic E-state index is 12.4. The molecule has 1 amide bonds. The van der Waals surface area contributed by atoms with E-state index in [9.17, 15) is 4.79 Å². The Bertz CT molecular complexity index is 793. The number of carbonyl (C=O) groups excluding carboxylic acids is 1. The second kappa shape index (κ2) is 5.89. The van der Waals surface area contributed by atoms with Gasteiger partial charge in [-0.2, -0.15) is 5.10 Å². The number of fused-ring (bicyclic) bond motifs is 1. The largest absolute Gasteiger partial charge is 0.497 e. The predicted octanol–water partition coefficient (Wildman–Crippen LogP) is 2.83. The van der Waals surface area contributed by atoms with E-state index < -0.39 is 0 Å². The molecule has 3 rings (SSSR count). The van der Waals surface area contributed by atoms with E-state index >= 15 is 0 Å². The number of nitrogens with zero attached hydrogens (tertiary/aromatic N) is 2. The minimum absolute atomic E-state index is 0.0838. The first-order valence-electron chi connectivity index (χ1n) is 7.05.